The second-order valence-corrected chi connectivity index (χ2v) is 5.98. The molecule has 3 aromatic rings. The number of rotatable bonds is 4. The lowest BCUT2D eigenvalue weighted by molar-refractivity contribution is 0.101. The number of nitrogens with one attached hydrogen (secondary N) is 1. The Balaban J connectivity index is 1.84. The Morgan fingerprint density at radius 1 is 1.04 bits per heavy atom. The molecule has 0 aliphatic carbocycles. The molecule has 0 bridgehead atoms. The largest absolute Gasteiger partial charge is 0.322 e. The Morgan fingerprint density at radius 3 is 2.33 bits per heavy atom. The molecule has 120 valence electrons. The molecule has 24 heavy (non-hydrogen) atoms. The van der Waals surface area contributed by atoms with Crippen molar-refractivity contribution in [1.82, 2.24) is 14.8 Å². The summed E-state index contributed by atoms with van der Waals surface area (Å²) in [5.41, 5.74) is 2.48. The van der Waals surface area contributed by atoms with E-state index in [1.54, 1.807) is 53.6 Å². The number of hydrogen-bond acceptors (Lipinski definition) is 4. The minimum atomic E-state index is -0.257. The van der Waals surface area contributed by atoms with E-state index in [1.165, 1.54) is 6.92 Å². The van der Waals surface area contributed by atoms with Crippen molar-refractivity contribution in [2.24, 2.45) is 0 Å². The lowest BCUT2D eigenvalue weighted by Gasteiger charge is -2.09. The maximum absolute atomic E-state index is 12.5. The van der Waals surface area contributed by atoms with E-state index in [-0.39, 0.29) is 11.7 Å². The van der Waals surface area contributed by atoms with Crippen LogP contribution in [-0.2, 0) is 0 Å². The number of Topliss-reactive ketones (excluding diaryl/α,β-unsaturated/α-hetero) is 1. The van der Waals surface area contributed by atoms with Crippen LogP contribution in [0.4, 0.5) is 5.69 Å². The third-order valence-corrected chi connectivity index (χ3v) is 4.15. The van der Waals surface area contributed by atoms with Crippen LogP contribution in [0.5, 0.6) is 0 Å². The molecule has 1 amide bonds. The molecule has 1 heterocycles. The van der Waals surface area contributed by atoms with Crippen molar-refractivity contribution in [1.29, 1.82) is 0 Å². The van der Waals surface area contributed by atoms with Crippen molar-refractivity contribution in [2.45, 2.75) is 6.92 Å². The summed E-state index contributed by atoms with van der Waals surface area (Å²) >= 11 is 3.39. The zero-order valence-corrected chi connectivity index (χ0v) is 14.3. The molecule has 0 aliphatic heterocycles. The summed E-state index contributed by atoms with van der Waals surface area (Å²) in [6.45, 7) is 1.50. The minimum Gasteiger partial charge on any atom is -0.322 e. The smallest absolute Gasteiger partial charge is 0.256 e. The molecule has 1 aromatic heterocycles. The van der Waals surface area contributed by atoms with Gasteiger partial charge in [0.05, 0.1) is 5.56 Å². The fraction of sp³-hybridized carbons (Fsp3) is 0.0588. The minimum absolute atomic E-state index is 0.0164. The fourth-order valence-electron chi connectivity index (χ4n) is 2.17. The molecule has 0 radical (unpaired) electrons. The molecule has 0 saturated heterocycles. The van der Waals surface area contributed by atoms with E-state index in [4.69, 9.17) is 0 Å². The normalized spacial score (nSPS) is 10.4. The van der Waals surface area contributed by atoms with E-state index in [2.05, 4.69) is 31.4 Å². The van der Waals surface area contributed by atoms with E-state index >= 15 is 0 Å². The van der Waals surface area contributed by atoms with Gasteiger partial charge in [0.1, 0.15) is 12.7 Å². The number of amides is 1. The van der Waals surface area contributed by atoms with Gasteiger partial charge in [0.2, 0.25) is 0 Å². The fourth-order valence-corrected chi connectivity index (χ4v) is 2.60. The van der Waals surface area contributed by atoms with Crippen LogP contribution in [0.1, 0.15) is 27.6 Å². The summed E-state index contributed by atoms with van der Waals surface area (Å²) in [6.07, 6.45) is 3.12. The first-order valence-corrected chi connectivity index (χ1v) is 7.91. The molecule has 1 N–H and O–H groups in total. The average Bonchev–Trinajstić information content (AvgIpc) is 3.10. The second-order valence-electron chi connectivity index (χ2n) is 5.12. The van der Waals surface area contributed by atoms with Crippen LogP contribution in [0, 0.1) is 0 Å². The van der Waals surface area contributed by atoms with Gasteiger partial charge in [0, 0.05) is 21.4 Å². The van der Waals surface area contributed by atoms with Crippen LogP contribution in [0.15, 0.2) is 59.6 Å². The van der Waals surface area contributed by atoms with E-state index < -0.39 is 0 Å². The Morgan fingerprint density at radius 2 is 1.71 bits per heavy atom. The molecule has 7 heteroatoms. The molecule has 0 spiro atoms. The molecule has 6 nitrogen and oxygen atoms in total. The molecular formula is C17H13BrN4O2. The molecule has 0 saturated carbocycles. The number of carbonyl (C=O) groups is 2. The third-order valence-electron chi connectivity index (χ3n) is 3.46. The summed E-state index contributed by atoms with van der Waals surface area (Å²) in [5, 5.41) is 10.3. The van der Waals surface area contributed by atoms with Gasteiger partial charge in [-0.25, -0.2) is 0 Å². The van der Waals surface area contributed by atoms with E-state index in [0.29, 0.717) is 21.3 Å². The summed E-state index contributed by atoms with van der Waals surface area (Å²) in [5.74, 6) is -0.273. The molecular weight excluding hydrogens is 372 g/mol. The predicted octanol–water partition coefficient (Wildman–Crippen LogP) is 3.48. The molecule has 2 aromatic carbocycles. The monoisotopic (exact) mass is 384 g/mol. The average molecular weight is 385 g/mol. The van der Waals surface area contributed by atoms with Crippen molar-refractivity contribution >= 4 is 33.3 Å². The van der Waals surface area contributed by atoms with Gasteiger partial charge in [-0.2, -0.15) is 0 Å². The van der Waals surface area contributed by atoms with Crippen molar-refractivity contribution in [3.05, 3.63) is 70.7 Å². The summed E-state index contributed by atoms with van der Waals surface area (Å²) in [4.78, 5) is 23.8. The SMILES string of the molecule is CC(=O)c1ccc(NC(=O)c2cc(-n3cnnc3)ccc2Br)cc1. The number of nitrogens with zero attached hydrogens (tertiary/aromatic N) is 3. The molecule has 3 rings (SSSR count). The molecule has 0 fully saturated rings. The van der Waals surface area contributed by atoms with Crippen LogP contribution >= 0.6 is 15.9 Å². The zero-order chi connectivity index (χ0) is 17.1. The highest BCUT2D eigenvalue weighted by atomic mass is 79.9. The maximum Gasteiger partial charge on any atom is 0.256 e. The van der Waals surface area contributed by atoms with Gasteiger partial charge in [-0.3, -0.25) is 14.2 Å². The van der Waals surface area contributed by atoms with Gasteiger partial charge in [-0.1, -0.05) is 0 Å². The van der Waals surface area contributed by atoms with Crippen molar-refractivity contribution in [3.8, 4) is 5.69 Å². The highest BCUT2D eigenvalue weighted by Crippen LogP contribution is 2.22. The Hall–Kier alpha value is -2.80. The quantitative estimate of drug-likeness (QED) is 0.698. The number of aromatic nitrogens is 3. The molecule has 0 unspecified atom stereocenters. The number of benzene rings is 2. The number of hydrogen-bond donors (Lipinski definition) is 1. The predicted molar refractivity (Wildman–Crippen MR) is 93.5 cm³/mol. The van der Waals surface area contributed by atoms with Crippen LogP contribution in [0.25, 0.3) is 5.69 Å². The van der Waals surface area contributed by atoms with Crippen LogP contribution in [-0.4, -0.2) is 26.5 Å². The van der Waals surface area contributed by atoms with Gasteiger partial charge in [0.25, 0.3) is 5.91 Å². The first-order valence-electron chi connectivity index (χ1n) is 7.11. The van der Waals surface area contributed by atoms with Crippen LogP contribution in [0.3, 0.4) is 0 Å². The number of carbonyl (C=O) groups excluding carboxylic acids is 2. The highest BCUT2D eigenvalue weighted by molar-refractivity contribution is 9.10. The van der Waals surface area contributed by atoms with E-state index in [1.807, 2.05) is 6.07 Å². The van der Waals surface area contributed by atoms with Crippen molar-refractivity contribution in [3.63, 3.8) is 0 Å². The van der Waals surface area contributed by atoms with Gasteiger partial charge in [-0.15, -0.1) is 10.2 Å². The Kier molecular flexibility index (Phi) is 4.52. The van der Waals surface area contributed by atoms with Gasteiger partial charge >= 0.3 is 0 Å². The molecule has 0 atom stereocenters. The topological polar surface area (TPSA) is 76.9 Å². The van der Waals surface area contributed by atoms with Crippen LogP contribution in [0.2, 0.25) is 0 Å². The lowest BCUT2D eigenvalue weighted by Crippen LogP contribution is -2.13. The van der Waals surface area contributed by atoms with Gasteiger partial charge < -0.3 is 5.32 Å². The maximum atomic E-state index is 12.5. The summed E-state index contributed by atoms with van der Waals surface area (Å²) in [7, 11) is 0. The second kappa shape index (κ2) is 6.76. The number of anilines is 1. The summed E-state index contributed by atoms with van der Waals surface area (Å²) < 4.78 is 2.39. The standard InChI is InChI=1S/C17H13BrN4O2/c1-11(23)12-2-4-13(5-3-12)21-17(24)15-8-14(6-7-16(15)18)22-9-19-20-10-22/h2-10H,1H3,(H,21,24). The Bertz CT molecular complexity index is 889. The zero-order valence-electron chi connectivity index (χ0n) is 12.7. The first-order chi connectivity index (χ1) is 11.5. The molecule has 0 aliphatic rings. The number of halogens is 1. The van der Waals surface area contributed by atoms with E-state index in [0.717, 1.165) is 5.69 Å². The lowest BCUT2D eigenvalue weighted by atomic mass is 10.1. The first kappa shape index (κ1) is 16.1. The van der Waals surface area contributed by atoms with Crippen molar-refractivity contribution < 1.29 is 9.59 Å². The summed E-state index contributed by atoms with van der Waals surface area (Å²) in [6, 6.07) is 12.2. The van der Waals surface area contributed by atoms with Crippen LogP contribution < -0.4 is 5.32 Å². The highest BCUT2D eigenvalue weighted by Gasteiger charge is 2.12. The van der Waals surface area contributed by atoms with Gasteiger partial charge in [-0.05, 0) is 65.3 Å². The van der Waals surface area contributed by atoms with Gasteiger partial charge in [0.15, 0.2) is 5.78 Å². The van der Waals surface area contributed by atoms with Crippen molar-refractivity contribution in [2.75, 3.05) is 5.32 Å². The van der Waals surface area contributed by atoms with E-state index in [9.17, 15) is 9.59 Å². The Labute approximate surface area is 146 Å². The third kappa shape index (κ3) is 3.41. The number of ketones is 1.